The van der Waals surface area contributed by atoms with Crippen LogP contribution >= 0.6 is 11.3 Å². The number of nitrogens with one attached hydrogen (secondary N) is 1. The summed E-state index contributed by atoms with van der Waals surface area (Å²) in [6, 6.07) is 7.91. The van der Waals surface area contributed by atoms with Crippen LogP contribution in [0.25, 0.3) is 0 Å². The molecule has 1 aromatic carbocycles. The van der Waals surface area contributed by atoms with E-state index >= 15 is 0 Å². The average Bonchev–Trinajstić information content (AvgIpc) is 2.73. The first kappa shape index (κ1) is 11.6. The van der Waals surface area contributed by atoms with Crippen LogP contribution in [0, 0.1) is 25.2 Å². The first-order valence-electron chi connectivity index (χ1n) is 5.35. The fourth-order valence-corrected chi connectivity index (χ4v) is 2.35. The topological polar surface area (TPSA) is 48.7 Å². The van der Waals surface area contributed by atoms with Gasteiger partial charge in [-0.3, -0.25) is 0 Å². The molecule has 1 heterocycles. The molecule has 0 aliphatic heterocycles. The summed E-state index contributed by atoms with van der Waals surface area (Å²) in [5.74, 6) is 0. The van der Waals surface area contributed by atoms with Crippen molar-refractivity contribution in [2.24, 2.45) is 0 Å². The van der Waals surface area contributed by atoms with Gasteiger partial charge in [0.15, 0.2) is 0 Å². The van der Waals surface area contributed by atoms with Crippen LogP contribution < -0.4 is 5.32 Å². The molecule has 0 unspecified atom stereocenters. The fraction of sp³-hybridized carbons (Fsp3) is 0.231. The molecular formula is C13H13N3S. The molecule has 86 valence electrons. The highest BCUT2D eigenvalue weighted by Crippen LogP contribution is 2.21. The molecule has 1 N–H and O–H groups in total. The highest BCUT2D eigenvalue weighted by atomic mass is 32.1. The third-order valence-electron chi connectivity index (χ3n) is 2.48. The standard InChI is InChI=1S/C13H13N3S/c1-9-4-3-5-11(6-14)13(9)15-7-12-16-10(2)8-17-12/h3-5,8,15H,7H2,1-2H3. The normalized spacial score (nSPS) is 9.94. The number of aryl methyl sites for hydroxylation is 2. The lowest BCUT2D eigenvalue weighted by Crippen LogP contribution is -2.02. The van der Waals surface area contributed by atoms with E-state index in [1.54, 1.807) is 11.3 Å². The molecule has 0 aliphatic rings. The van der Waals surface area contributed by atoms with Crippen LogP contribution in [-0.4, -0.2) is 4.98 Å². The number of anilines is 1. The molecule has 0 saturated heterocycles. The molecule has 17 heavy (non-hydrogen) atoms. The van der Waals surface area contributed by atoms with E-state index < -0.39 is 0 Å². The average molecular weight is 243 g/mol. The van der Waals surface area contributed by atoms with Gasteiger partial charge in [-0.15, -0.1) is 11.3 Å². The third-order valence-corrected chi connectivity index (χ3v) is 3.44. The summed E-state index contributed by atoms with van der Waals surface area (Å²) in [5.41, 5.74) is 3.70. The Hall–Kier alpha value is -1.86. The van der Waals surface area contributed by atoms with Crippen LogP contribution in [0.2, 0.25) is 0 Å². The van der Waals surface area contributed by atoms with Gasteiger partial charge in [0, 0.05) is 11.1 Å². The Morgan fingerprint density at radius 2 is 2.24 bits per heavy atom. The summed E-state index contributed by atoms with van der Waals surface area (Å²) in [6.07, 6.45) is 0. The van der Waals surface area contributed by atoms with Crippen molar-refractivity contribution in [2.45, 2.75) is 20.4 Å². The van der Waals surface area contributed by atoms with Gasteiger partial charge in [0.25, 0.3) is 0 Å². The van der Waals surface area contributed by atoms with Crippen LogP contribution in [0.4, 0.5) is 5.69 Å². The second-order valence-corrected chi connectivity index (χ2v) is 4.79. The van der Waals surface area contributed by atoms with E-state index in [0.717, 1.165) is 22.0 Å². The number of nitrogens with zero attached hydrogens (tertiary/aromatic N) is 2. The Morgan fingerprint density at radius 1 is 1.41 bits per heavy atom. The van der Waals surface area contributed by atoms with E-state index in [4.69, 9.17) is 5.26 Å². The smallest absolute Gasteiger partial charge is 0.112 e. The van der Waals surface area contributed by atoms with E-state index in [2.05, 4.69) is 16.4 Å². The number of para-hydroxylation sites is 1. The van der Waals surface area contributed by atoms with Crippen molar-refractivity contribution < 1.29 is 0 Å². The summed E-state index contributed by atoms with van der Waals surface area (Å²) in [7, 11) is 0. The lowest BCUT2D eigenvalue weighted by Gasteiger charge is -2.09. The lowest BCUT2D eigenvalue weighted by atomic mass is 10.1. The first-order chi connectivity index (χ1) is 8.20. The molecule has 2 rings (SSSR count). The Kier molecular flexibility index (Phi) is 3.40. The van der Waals surface area contributed by atoms with Gasteiger partial charge in [0.2, 0.25) is 0 Å². The molecule has 0 amide bonds. The number of benzene rings is 1. The molecule has 1 aromatic heterocycles. The highest BCUT2D eigenvalue weighted by molar-refractivity contribution is 7.09. The largest absolute Gasteiger partial charge is 0.377 e. The molecule has 0 fully saturated rings. The van der Waals surface area contributed by atoms with Crippen molar-refractivity contribution in [3.63, 3.8) is 0 Å². The van der Waals surface area contributed by atoms with Crippen molar-refractivity contribution in [1.29, 1.82) is 5.26 Å². The molecule has 0 spiro atoms. The van der Waals surface area contributed by atoms with Gasteiger partial charge >= 0.3 is 0 Å². The lowest BCUT2D eigenvalue weighted by molar-refractivity contribution is 1.07. The van der Waals surface area contributed by atoms with Crippen LogP contribution in [0.1, 0.15) is 21.8 Å². The number of nitriles is 1. The monoisotopic (exact) mass is 243 g/mol. The molecule has 0 atom stereocenters. The number of thiazole rings is 1. The van der Waals surface area contributed by atoms with Crippen LogP contribution in [-0.2, 0) is 6.54 Å². The minimum atomic E-state index is 0.665. The number of hydrogen-bond acceptors (Lipinski definition) is 4. The molecule has 0 saturated carbocycles. The predicted molar refractivity (Wildman–Crippen MR) is 70.1 cm³/mol. The first-order valence-corrected chi connectivity index (χ1v) is 6.23. The molecule has 0 bridgehead atoms. The zero-order valence-corrected chi connectivity index (χ0v) is 10.6. The predicted octanol–water partition coefficient (Wildman–Crippen LogP) is 3.24. The molecule has 0 radical (unpaired) electrons. The zero-order chi connectivity index (χ0) is 12.3. The van der Waals surface area contributed by atoms with E-state index in [1.165, 1.54) is 0 Å². The summed E-state index contributed by atoms with van der Waals surface area (Å²) in [4.78, 5) is 4.38. The van der Waals surface area contributed by atoms with Gasteiger partial charge in [-0.25, -0.2) is 4.98 Å². The van der Waals surface area contributed by atoms with E-state index in [-0.39, 0.29) is 0 Å². The van der Waals surface area contributed by atoms with Crippen molar-refractivity contribution in [1.82, 2.24) is 4.98 Å². The van der Waals surface area contributed by atoms with E-state index in [0.29, 0.717) is 12.1 Å². The second kappa shape index (κ2) is 4.98. The van der Waals surface area contributed by atoms with E-state index in [9.17, 15) is 0 Å². The molecule has 4 heteroatoms. The quantitative estimate of drug-likeness (QED) is 0.900. The molecule has 3 nitrogen and oxygen atoms in total. The minimum Gasteiger partial charge on any atom is -0.377 e. The maximum absolute atomic E-state index is 9.04. The summed E-state index contributed by atoms with van der Waals surface area (Å²) >= 11 is 1.63. The van der Waals surface area contributed by atoms with Gasteiger partial charge in [-0.2, -0.15) is 5.26 Å². The number of rotatable bonds is 3. The van der Waals surface area contributed by atoms with Crippen LogP contribution in [0.5, 0.6) is 0 Å². The van der Waals surface area contributed by atoms with Gasteiger partial charge in [0.05, 0.1) is 17.8 Å². The maximum Gasteiger partial charge on any atom is 0.112 e. The van der Waals surface area contributed by atoms with Crippen molar-refractivity contribution in [3.8, 4) is 6.07 Å². The Bertz CT molecular complexity index is 566. The summed E-state index contributed by atoms with van der Waals surface area (Å²) < 4.78 is 0. The third kappa shape index (κ3) is 2.63. The molecular weight excluding hydrogens is 230 g/mol. The van der Waals surface area contributed by atoms with Crippen molar-refractivity contribution in [2.75, 3.05) is 5.32 Å². The Labute approximate surface area is 105 Å². The molecule has 2 aromatic rings. The second-order valence-electron chi connectivity index (χ2n) is 3.85. The van der Waals surface area contributed by atoms with Gasteiger partial charge < -0.3 is 5.32 Å². The SMILES string of the molecule is Cc1csc(CNc2c(C)cccc2C#N)n1. The van der Waals surface area contributed by atoms with E-state index in [1.807, 2.05) is 37.4 Å². The summed E-state index contributed by atoms with van der Waals surface area (Å²) in [5, 5.41) is 15.4. The maximum atomic E-state index is 9.04. The Morgan fingerprint density at radius 3 is 2.88 bits per heavy atom. The Balaban J connectivity index is 2.17. The number of hydrogen-bond donors (Lipinski definition) is 1. The minimum absolute atomic E-state index is 0.665. The summed E-state index contributed by atoms with van der Waals surface area (Å²) in [6.45, 7) is 4.64. The van der Waals surface area contributed by atoms with Crippen molar-refractivity contribution in [3.05, 3.63) is 45.4 Å². The number of aromatic nitrogens is 1. The zero-order valence-electron chi connectivity index (χ0n) is 9.82. The van der Waals surface area contributed by atoms with Crippen molar-refractivity contribution >= 4 is 17.0 Å². The van der Waals surface area contributed by atoms with Gasteiger partial charge in [-0.1, -0.05) is 12.1 Å². The molecule has 0 aliphatic carbocycles. The fourth-order valence-electron chi connectivity index (χ4n) is 1.64. The highest BCUT2D eigenvalue weighted by Gasteiger charge is 2.05. The van der Waals surface area contributed by atoms with Crippen LogP contribution in [0.15, 0.2) is 23.6 Å². The van der Waals surface area contributed by atoms with Crippen LogP contribution in [0.3, 0.4) is 0 Å². The van der Waals surface area contributed by atoms with Gasteiger partial charge in [-0.05, 0) is 25.5 Å². The van der Waals surface area contributed by atoms with Gasteiger partial charge in [0.1, 0.15) is 11.1 Å².